The Bertz CT molecular complexity index is 696. The molecule has 0 saturated carbocycles. The second-order valence-electron chi connectivity index (χ2n) is 4.10. The van der Waals surface area contributed by atoms with Gasteiger partial charge in [0.25, 0.3) is 0 Å². The second-order valence-corrected chi connectivity index (χ2v) is 4.51. The van der Waals surface area contributed by atoms with Gasteiger partial charge in [-0.3, -0.25) is 4.79 Å². The zero-order valence-corrected chi connectivity index (χ0v) is 11.2. The van der Waals surface area contributed by atoms with E-state index in [0.717, 1.165) is 10.9 Å². The summed E-state index contributed by atoms with van der Waals surface area (Å²) in [4.78, 5) is 27.7. The van der Waals surface area contributed by atoms with Gasteiger partial charge in [-0.05, 0) is 17.7 Å². The summed E-state index contributed by atoms with van der Waals surface area (Å²) in [7, 11) is 0. The van der Waals surface area contributed by atoms with Crippen LogP contribution in [0.25, 0.3) is 10.9 Å². The van der Waals surface area contributed by atoms with Gasteiger partial charge >= 0.3 is 5.97 Å². The van der Waals surface area contributed by atoms with Crippen molar-refractivity contribution >= 4 is 58.9 Å². The van der Waals surface area contributed by atoms with Crippen LogP contribution in [0.2, 0.25) is 5.02 Å². The molecule has 0 atom stereocenters. The second kappa shape index (κ2) is 4.93. The summed E-state index contributed by atoms with van der Waals surface area (Å²) in [5.74, 6) is -0.550. The Morgan fingerprint density at radius 3 is 2.89 bits per heavy atom. The summed E-state index contributed by atoms with van der Waals surface area (Å²) in [5, 5.41) is 4.03. The van der Waals surface area contributed by atoms with Crippen molar-refractivity contribution in [1.29, 1.82) is 0 Å². The van der Waals surface area contributed by atoms with E-state index in [0.29, 0.717) is 16.2 Å². The minimum Gasteiger partial charge on any atom is -0.337 e. The summed E-state index contributed by atoms with van der Waals surface area (Å²) in [6.45, 7) is 1.32. The summed E-state index contributed by atoms with van der Waals surface area (Å²) in [6, 6.07) is 3.42. The number of carbonyl (C=O) groups excluding carboxylic acids is 2. The molecule has 1 aliphatic heterocycles. The third-order valence-corrected chi connectivity index (χ3v) is 3.12. The Labute approximate surface area is 126 Å². The van der Waals surface area contributed by atoms with Gasteiger partial charge in [0.05, 0.1) is 22.6 Å². The van der Waals surface area contributed by atoms with Gasteiger partial charge in [0.2, 0.25) is 5.91 Å². The summed E-state index contributed by atoms with van der Waals surface area (Å²) in [5.41, 5.74) is 2.08. The molecule has 0 aliphatic carbocycles. The minimum absolute atomic E-state index is 0. The molecule has 1 amide bonds. The smallest absolute Gasteiger partial charge is 0.329 e. The first-order chi connectivity index (χ1) is 8.56. The molecule has 1 aliphatic rings. The number of aromatic nitrogens is 1. The van der Waals surface area contributed by atoms with E-state index >= 15 is 0 Å². The molecular formula is C12H9ClLiN2O3. The number of hydrogen-bond donors (Lipinski definition) is 1. The van der Waals surface area contributed by atoms with Crippen molar-refractivity contribution in [3.63, 3.8) is 0 Å². The summed E-state index contributed by atoms with van der Waals surface area (Å²) < 4.78 is 1.37. The van der Waals surface area contributed by atoms with E-state index in [1.165, 1.54) is 11.7 Å². The fraction of sp³-hybridized carbons (Fsp3) is 0.167. The molecule has 7 heteroatoms. The van der Waals surface area contributed by atoms with Gasteiger partial charge in [0.15, 0.2) is 0 Å². The molecule has 0 bridgehead atoms. The monoisotopic (exact) mass is 271 g/mol. The van der Waals surface area contributed by atoms with Crippen molar-refractivity contribution in [3.05, 3.63) is 28.9 Å². The number of nitrogens with zero attached hydrogens (tertiary/aromatic N) is 1. The fourth-order valence-corrected chi connectivity index (χ4v) is 2.38. The molecule has 93 valence electrons. The summed E-state index contributed by atoms with van der Waals surface area (Å²) >= 11 is 6.06. The van der Waals surface area contributed by atoms with Crippen LogP contribution in [-0.4, -0.2) is 35.5 Å². The Balaban J connectivity index is 0.00000133. The third-order valence-electron chi connectivity index (χ3n) is 2.81. The zero-order chi connectivity index (χ0) is 12.9. The van der Waals surface area contributed by atoms with Crippen LogP contribution in [0.5, 0.6) is 0 Å². The van der Waals surface area contributed by atoms with Crippen LogP contribution in [0, 0.1) is 0 Å². The third kappa shape index (κ3) is 2.25. The minimum atomic E-state index is -0.423. The van der Waals surface area contributed by atoms with Crippen molar-refractivity contribution < 1.29 is 14.4 Å². The van der Waals surface area contributed by atoms with E-state index in [2.05, 4.69) is 5.32 Å². The molecule has 0 saturated heterocycles. The standard InChI is InChI=1S/C12H9ClN2O3.Li/c1-6(16)18-15-5-7-4-10(17)14-12-8(13)2-3-9(15)11(7)12;/h2-3,5H,4H2,1H3,(H,14,17);. The van der Waals surface area contributed by atoms with Gasteiger partial charge in [-0.2, -0.15) is 4.73 Å². The van der Waals surface area contributed by atoms with Crippen LogP contribution in [-0.2, 0) is 16.0 Å². The van der Waals surface area contributed by atoms with Gasteiger partial charge < -0.3 is 10.2 Å². The van der Waals surface area contributed by atoms with E-state index in [1.807, 2.05) is 0 Å². The zero-order valence-electron chi connectivity index (χ0n) is 10.5. The number of hydrogen-bond acceptors (Lipinski definition) is 3. The molecule has 2 heterocycles. The molecule has 1 N–H and O–H groups in total. The number of nitrogens with one attached hydrogen (secondary N) is 1. The van der Waals surface area contributed by atoms with Crippen molar-refractivity contribution in [1.82, 2.24) is 4.73 Å². The van der Waals surface area contributed by atoms with E-state index in [4.69, 9.17) is 16.4 Å². The van der Waals surface area contributed by atoms with Crippen LogP contribution in [0.15, 0.2) is 18.3 Å². The number of carbonyl (C=O) groups is 2. The average molecular weight is 272 g/mol. The van der Waals surface area contributed by atoms with Crippen LogP contribution < -0.4 is 10.2 Å². The molecule has 0 fully saturated rings. The number of rotatable bonds is 1. The first kappa shape index (κ1) is 14.0. The maximum atomic E-state index is 11.6. The molecule has 5 nitrogen and oxygen atoms in total. The van der Waals surface area contributed by atoms with Crippen molar-refractivity contribution in [3.8, 4) is 0 Å². The van der Waals surface area contributed by atoms with Crippen LogP contribution >= 0.6 is 11.6 Å². The van der Waals surface area contributed by atoms with E-state index in [1.54, 1.807) is 18.3 Å². The molecule has 1 radical (unpaired) electrons. The maximum absolute atomic E-state index is 11.6. The molecular weight excluding hydrogens is 263 g/mol. The topological polar surface area (TPSA) is 60.3 Å². The number of anilines is 1. The quantitative estimate of drug-likeness (QED) is 0.797. The van der Waals surface area contributed by atoms with Gasteiger partial charge in [0, 0.05) is 37.4 Å². The predicted octanol–water partition coefficient (Wildman–Crippen LogP) is 1.38. The van der Waals surface area contributed by atoms with Crippen LogP contribution in [0.1, 0.15) is 12.5 Å². The number of halogens is 1. The molecule has 19 heavy (non-hydrogen) atoms. The van der Waals surface area contributed by atoms with Crippen LogP contribution in [0.3, 0.4) is 0 Å². The van der Waals surface area contributed by atoms with Crippen molar-refractivity contribution in [2.45, 2.75) is 13.3 Å². The molecule has 2 aromatic rings. The molecule has 1 aromatic heterocycles. The number of amides is 1. The van der Waals surface area contributed by atoms with Crippen LogP contribution in [0.4, 0.5) is 5.69 Å². The normalized spacial score (nSPS) is 12.8. The van der Waals surface area contributed by atoms with Gasteiger partial charge in [-0.25, -0.2) is 4.79 Å². The number of benzene rings is 1. The Hall–Kier alpha value is -1.41. The molecule has 0 unspecified atom stereocenters. The Kier molecular flexibility index (Phi) is 3.64. The van der Waals surface area contributed by atoms with Crippen molar-refractivity contribution in [2.24, 2.45) is 0 Å². The largest absolute Gasteiger partial charge is 0.337 e. The maximum Gasteiger partial charge on any atom is 0.329 e. The first-order valence-corrected chi connectivity index (χ1v) is 5.75. The van der Waals surface area contributed by atoms with E-state index in [9.17, 15) is 9.59 Å². The first-order valence-electron chi connectivity index (χ1n) is 5.37. The van der Waals surface area contributed by atoms with Gasteiger partial charge in [-0.15, -0.1) is 0 Å². The fourth-order valence-electron chi connectivity index (χ4n) is 2.18. The molecule has 3 rings (SSSR count). The Morgan fingerprint density at radius 2 is 2.21 bits per heavy atom. The molecule has 1 aromatic carbocycles. The van der Waals surface area contributed by atoms with E-state index in [-0.39, 0.29) is 31.2 Å². The Morgan fingerprint density at radius 1 is 1.47 bits per heavy atom. The van der Waals surface area contributed by atoms with Crippen molar-refractivity contribution in [2.75, 3.05) is 5.32 Å². The van der Waals surface area contributed by atoms with E-state index < -0.39 is 5.97 Å². The SMILES string of the molecule is CC(=O)On1cc2c3c(c(Cl)ccc31)NC(=O)C2.[Li]. The predicted molar refractivity (Wildman–Crippen MR) is 72.3 cm³/mol. The molecule has 0 spiro atoms. The summed E-state index contributed by atoms with van der Waals surface area (Å²) in [6.07, 6.45) is 1.89. The van der Waals surface area contributed by atoms with Gasteiger partial charge in [-0.1, -0.05) is 11.6 Å². The average Bonchev–Trinajstić information content (AvgIpc) is 2.61. The van der Waals surface area contributed by atoms with Gasteiger partial charge in [0.1, 0.15) is 0 Å².